The molecular formula is C21H19ClN2O3. The Labute approximate surface area is 162 Å². The first-order chi connectivity index (χ1) is 13.1. The van der Waals surface area contributed by atoms with Crippen LogP contribution in [0, 0.1) is 16.0 Å². The number of fused-ring (bicyclic) bond motifs is 3. The van der Waals surface area contributed by atoms with Gasteiger partial charge in [-0.05, 0) is 30.0 Å². The van der Waals surface area contributed by atoms with Crippen LogP contribution in [0.15, 0.2) is 61.2 Å². The lowest BCUT2D eigenvalue weighted by molar-refractivity contribution is -0.384. The highest BCUT2D eigenvalue weighted by atomic mass is 35.5. The number of allylic oxidation sites excluding steroid dienone is 2. The molecule has 0 spiro atoms. The molecule has 1 aliphatic heterocycles. The first-order valence-corrected chi connectivity index (χ1v) is 9.21. The molecule has 1 N–H and O–H groups in total. The number of hydrogen-bond donors (Lipinski definition) is 1. The number of ether oxygens (including phenoxy) is 1. The van der Waals surface area contributed by atoms with Crippen LogP contribution in [-0.4, -0.2) is 11.5 Å². The summed E-state index contributed by atoms with van der Waals surface area (Å²) in [6.45, 7) is 4.11. The van der Waals surface area contributed by atoms with Crippen molar-refractivity contribution in [1.29, 1.82) is 0 Å². The Morgan fingerprint density at radius 3 is 2.96 bits per heavy atom. The van der Waals surface area contributed by atoms with E-state index >= 15 is 0 Å². The summed E-state index contributed by atoms with van der Waals surface area (Å²) in [6, 6.07) is 10.5. The number of rotatable bonds is 5. The molecule has 138 valence electrons. The Kier molecular flexibility index (Phi) is 4.62. The lowest BCUT2D eigenvalue weighted by Gasteiger charge is -2.38. The summed E-state index contributed by atoms with van der Waals surface area (Å²) < 4.78 is 5.83. The summed E-state index contributed by atoms with van der Waals surface area (Å²) in [6.07, 6.45) is 6.97. The van der Waals surface area contributed by atoms with Gasteiger partial charge >= 0.3 is 0 Å². The maximum absolute atomic E-state index is 11.2. The monoisotopic (exact) mass is 382 g/mol. The molecule has 6 heteroatoms. The van der Waals surface area contributed by atoms with Gasteiger partial charge in [-0.1, -0.05) is 48.5 Å². The van der Waals surface area contributed by atoms with Crippen LogP contribution in [0.5, 0.6) is 5.75 Å². The molecule has 3 unspecified atom stereocenters. The van der Waals surface area contributed by atoms with Gasteiger partial charge in [0.25, 0.3) is 5.69 Å². The fraction of sp³-hybridized carbons (Fsp3) is 0.238. The zero-order valence-corrected chi connectivity index (χ0v) is 15.4. The predicted octanol–water partition coefficient (Wildman–Crippen LogP) is 5.64. The van der Waals surface area contributed by atoms with Crippen LogP contribution in [-0.2, 0) is 0 Å². The summed E-state index contributed by atoms with van der Waals surface area (Å²) in [5.74, 6) is 1.21. The molecule has 2 aromatic rings. The number of para-hydroxylation sites is 1. The third kappa shape index (κ3) is 3.08. The fourth-order valence-corrected chi connectivity index (χ4v) is 4.29. The highest BCUT2D eigenvalue weighted by Crippen LogP contribution is 2.53. The van der Waals surface area contributed by atoms with Crippen LogP contribution >= 0.6 is 11.6 Å². The molecule has 1 aliphatic carbocycles. The molecule has 2 aromatic carbocycles. The van der Waals surface area contributed by atoms with E-state index in [9.17, 15) is 10.1 Å². The minimum Gasteiger partial charge on any atom is -0.487 e. The number of non-ortho nitro benzene ring substituents is 1. The molecule has 0 bridgehead atoms. The molecule has 0 saturated carbocycles. The number of nitro groups is 1. The van der Waals surface area contributed by atoms with Gasteiger partial charge in [0.1, 0.15) is 12.4 Å². The molecule has 0 aromatic heterocycles. The molecule has 4 rings (SSSR count). The van der Waals surface area contributed by atoms with Crippen LogP contribution < -0.4 is 10.1 Å². The van der Waals surface area contributed by atoms with Crippen LogP contribution in [0.2, 0.25) is 5.02 Å². The Balaban J connectivity index is 1.80. The van der Waals surface area contributed by atoms with Crippen molar-refractivity contribution in [3.8, 4) is 5.75 Å². The standard InChI is InChI=1S/C21H19ClN2O3/c1-2-11-27-19-8-4-7-16-14-5-3-6-15(14)20(23-21(16)19)17-12-13(24(25)26)9-10-18(17)22/h2-5,7-10,12,14-15,20,23H,1,6,11H2. The summed E-state index contributed by atoms with van der Waals surface area (Å²) in [5.41, 5.74) is 2.88. The first kappa shape index (κ1) is 17.6. The summed E-state index contributed by atoms with van der Waals surface area (Å²) >= 11 is 6.45. The van der Waals surface area contributed by atoms with Crippen LogP contribution in [0.1, 0.15) is 29.5 Å². The van der Waals surface area contributed by atoms with Crippen LogP contribution in [0.4, 0.5) is 11.4 Å². The van der Waals surface area contributed by atoms with Gasteiger partial charge in [0.05, 0.1) is 16.7 Å². The van der Waals surface area contributed by atoms with Crippen LogP contribution in [0.25, 0.3) is 0 Å². The van der Waals surface area contributed by atoms with Gasteiger partial charge in [0.2, 0.25) is 0 Å². The maximum Gasteiger partial charge on any atom is 0.269 e. The SMILES string of the molecule is C=CCOc1cccc2c1NC(c1cc([N+](=O)[O-])ccc1Cl)C1CC=CC21. The Morgan fingerprint density at radius 2 is 2.19 bits per heavy atom. The van der Waals surface area contributed by atoms with E-state index in [1.165, 1.54) is 11.6 Å². The third-order valence-corrected chi connectivity index (χ3v) is 5.58. The molecular weight excluding hydrogens is 364 g/mol. The molecule has 1 heterocycles. The van der Waals surface area contributed by atoms with Gasteiger partial charge in [-0.3, -0.25) is 10.1 Å². The Hall–Kier alpha value is -2.79. The first-order valence-electron chi connectivity index (χ1n) is 8.83. The Bertz CT molecular complexity index is 941. The molecule has 0 saturated heterocycles. The molecule has 0 fully saturated rings. The quantitative estimate of drug-likeness (QED) is 0.413. The second-order valence-electron chi connectivity index (χ2n) is 6.76. The molecule has 3 atom stereocenters. The van der Waals surface area contributed by atoms with E-state index in [1.807, 2.05) is 12.1 Å². The lowest BCUT2D eigenvalue weighted by atomic mass is 9.77. The van der Waals surface area contributed by atoms with Crippen molar-refractivity contribution in [2.75, 3.05) is 11.9 Å². The smallest absolute Gasteiger partial charge is 0.269 e. The largest absolute Gasteiger partial charge is 0.487 e. The van der Waals surface area contributed by atoms with Crippen molar-refractivity contribution in [1.82, 2.24) is 0 Å². The second kappa shape index (κ2) is 7.08. The van der Waals surface area contributed by atoms with E-state index in [4.69, 9.17) is 16.3 Å². The normalized spacial score (nSPS) is 22.5. The highest BCUT2D eigenvalue weighted by molar-refractivity contribution is 6.31. The van der Waals surface area contributed by atoms with E-state index in [-0.39, 0.29) is 28.5 Å². The number of nitrogens with one attached hydrogen (secondary N) is 1. The van der Waals surface area contributed by atoms with E-state index in [1.54, 1.807) is 18.2 Å². The summed E-state index contributed by atoms with van der Waals surface area (Å²) in [5, 5.41) is 15.3. The fourth-order valence-electron chi connectivity index (χ4n) is 4.05. The molecule has 0 radical (unpaired) electrons. The van der Waals surface area contributed by atoms with Gasteiger partial charge in [0, 0.05) is 28.6 Å². The Morgan fingerprint density at radius 1 is 1.33 bits per heavy atom. The van der Waals surface area contributed by atoms with Gasteiger partial charge < -0.3 is 10.1 Å². The number of halogens is 1. The summed E-state index contributed by atoms with van der Waals surface area (Å²) in [4.78, 5) is 10.9. The van der Waals surface area contributed by atoms with Crippen molar-refractivity contribution < 1.29 is 9.66 Å². The van der Waals surface area contributed by atoms with Gasteiger partial charge in [-0.25, -0.2) is 0 Å². The van der Waals surface area contributed by atoms with Crippen molar-refractivity contribution >= 4 is 23.0 Å². The minimum absolute atomic E-state index is 0.0423. The zero-order valence-electron chi connectivity index (χ0n) is 14.6. The molecule has 27 heavy (non-hydrogen) atoms. The van der Waals surface area contributed by atoms with Crippen molar-refractivity contribution in [3.63, 3.8) is 0 Å². The van der Waals surface area contributed by atoms with Crippen molar-refractivity contribution in [2.45, 2.75) is 18.4 Å². The molecule has 0 amide bonds. The topological polar surface area (TPSA) is 64.4 Å². The molecule has 2 aliphatic rings. The van der Waals surface area contributed by atoms with Crippen LogP contribution in [0.3, 0.4) is 0 Å². The van der Waals surface area contributed by atoms with Gasteiger partial charge in [0.15, 0.2) is 0 Å². The van der Waals surface area contributed by atoms with E-state index in [2.05, 4.69) is 30.1 Å². The number of anilines is 1. The number of nitrogens with zero attached hydrogens (tertiary/aromatic N) is 1. The average molecular weight is 383 g/mol. The van der Waals surface area contributed by atoms with E-state index in [0.29, 0.717) is 11.6 Å². The van der Waals surface area contributed by atoms with Crippen molar-refractivity contribution in [2.24, 2.45) is 5.92 Å². The van der Waals surface area contributed by atoms with Gasteiger partial charge in [-0.2, -0.15) is 0 Å². The van der Waals surface area contributed by atoms with E-state index in [0.717, 1.165) is 23.4 Å². The minimum atomic E-state index is -0.389. The number of benzene rings is 2. The summed E-state index contributed by atoms with van der Waals surface area (Å²) in [7, 11) is 0. The third-order valence-electron chi connectivity index (χ3n) is 5.24. The van der Waals surface area contributed by atoms with Crippen molar-refractivity contribution in [3.05, 3.63) is 87.5 Å². The second-order valence-corrected chi connectivity index (χ2v) is 7.17. The maximum atomic E-state index is 11.2. The van der Waals surface area contributed by atoms with E-state index < -0.39 is 0 Å². The highest BCUT2D eigenvalue weighted by Gasteiger charge is 2.40. The number of nitro benzene ring substituents is 1. The lowest BCUT2D eigenvalue weighted by Crippen LogP contribution is -2.29. The van der Waals surface area contributed by atoms with Gasteiger partial charge in [-0.15, -0.1) is 0 Å². The molecule has 5 nitrogen and oxygen atoms in total. The predicted molar refractivity (Wildman–Crippen MR) is 107 cm³/mol. The average Bonchev–Trinajstić information content (AvgIpc) is 3.16. The number of hydrogen-bond acceptors (Lipinski definition) is 4. The zero-order chi connectivity index (χ0) is 19.0.